The van der Waals surface area contributed by atoms with Gasteiger partial charge in [-0.05, 0) is 25.3 Å². The van der Waals surface area contributed by atoms with Gasteiger partial charge in [0.2, 0.25) is 0 Å². The first-order chi connectivity index (χ1) is 8.93. The molecule has 1 aromatic rings. The number of aliphatic hydroxyl groups excluding tert-OH is 1. The Balaban J connectivity index is 2.27. The highest BCUT2D eigenvalue weighted by molar-refractivity contribution is 6.33. The maximum Gasteiger partial charge on any atom is 0.417 e. The number of nitrogens with zero attached hydrogens (tertiary/aromatic N) is 2. The SMILES string of the molecule is OCCN(c1ncc(C(F)(F)F)cc1Cl)C1CCC1. The average molecular weight is 295 g/mol. The van der Waals surface area contributed by atoms with E-state index in [-0.39, 0.29) is 17.7 Å². The quantitative estimate of drug-likeness (QED) is 0.927. The Morgan fingerprint density at radius 2 is 2.11 bits per heavy atom. The van der Waals surface area contributed by atoms with Gasteiger partial charge in [-0.15, -0.1) is 0 Å². The van der Waals surface area contributed by atoms with Gasteiger partial charge in [0, 0.05) is 18.8 Å². The topological polar surface area (TPSA) is 36.4 Å². The number of halogens is 4. The van der Waals surface area contributed by atoms with Crippen LogP contribution >= 0.6 is 11.6 Å². The number of anilines is 1. The molecule has 1 fully saturated rings. The Labute approximate surface area is 114 Å². The summed E-state index contributed by atoms with van der Waals surface area (Å²) in [6.07, 6.45) is -0.708. The van der Waals surface area contributed by atoms with Crippen molar-refractivity contribution in [1.29, 1.82) is 0 Å². The first-order valence-corrected chi connectivity index (χ1v) is 6.41. The molecule has 7 heteroatoms. The van der Waals surface area contributed by atoms with Gasteiger partial charge in [-0.25, -0.2) is 4.98 Å². The summed E-state index contributed by atoms with van der Waals surface area (Å²) in [5.41, 5.74) is -0.862. The van der Waals surface area contributed by atoms with Crippen molar-refractivity contribution in [3.05, 3.63) is 22.8 Å². The van der Waals surface area contributed by atoms with E-state index in [1.807, 2.05) is 0 Å². The molecule has 2 rings (SSSR count). The third-order valence-electron chi connectivity index (χ3n) is 3.28. The van der Waals surface area contributed by atoms with Crippen molar-refractivity contribution in [3.63, 3.8) is 0 Å². The summed E-state index contributed by atoms with van der Waals surface area (Å²) in [6.45, 7) is 0.234. The molecule has 0 amide bonds. The van der Waals surface area contributed by atoms with E-state index in [0.29, 0.717) is 12.4 Å². The lowest BCUT2D eigenvalue weighted by Crippen LogP contribution is -2.42. The third-order valence-corrected chi connectivity index (χ3v) is 3.56. The van der Waals surface area contributed by atoms with Crippen LogP contribution in [0.15, 0.2) is 12.3 Å². The van der Waals surface area contributed by atoms with Gasteiger partial charge in [-0.1, -0.05) is 11.6 Å². The van der Waals surface area contributed by atoms with Crippen molar-refractivity contribution in [2.45, 2.75) is 31.5 Å². The number of hydrogen-bond donors (Lipinski definition) is 1. The van der Waals surface area contributed by atoms with Crippen LogP contribution in [0.4, 0.5) is 19.0 Å². The summed E-state index contributed by atoms with van der Waals surface area (Å²) in [6, 6.07) is 1.08. The predicted molar refractivity (Wildman–Crippen MR) is 66.3 cm³/mol. The largest absolute Gasteiger partial charge is 0.417 e. The summed E-state index contributed by atoms with van der Waals surface area (Å²) in [7, 11) is 0. The van der Waals surface area contributed by atoms with Crippen molar-refractivity contribution >= 4 is 17.4 Å². The summed E-state index contributed by atoms with van der Waals surface area (Å²) in [4.78, 5) is 5.61. The van der Waals surface area contributed by atoms with Crippen molar-refractivity contribution in [2.75, 3.05) is 18.1 Å². The van der Waals surface area contributed by atoms with Crippen LogP contribution in [-0.2, 0) is 6.18 Å². The fourth-order valence-corrected chi connectivity index (χ4v) is 2.34. The number of rotatable bonds is 4. The molecular formula is C12H14ClF3N2O. The van der Waals surface area contributed by atoms with Gasteiger partial charge in [0.25, 0.3) is 0 Å². The molecule has 0 aromatic carbocycles. The van der Waals surface area contributed by atoms with Gasteiger partial charge in [-0.2, -0.15) is 13.2 Å². The Bertz CT molecular complexity index is 449. The van der Waals surface area contributed by atoms with Gasteiger partial charge >= 0.3 is 6.18 Å². The summed E-state index contributed by atoms with van der Waals surface area (Å²) in [5, 5.41) is 9.02. The second-order valence-corrected chi connectivity index (χ2v) is 4.94. The van der Waals surface area contributed by atoms with Gasteiger partial charge in [-0.3, -0.25) is 0 Å². The molecule has 3 nitrogen and oxygen atoms in total. The van der Waals surface area contributed by atoms with Crippen molar-refractivity contribution < 1.29 is 18.3 Å². The van der Waals surface area contributed by atoms with E-state index < -0.39 is 11.7 Å². The number of hydrogen-bond acceptors (Lipinski definition) is 3. The highest BCUT2D eigenvalue weighted by Gasteiger charge is 2.33. The van der Waals surface area contributed by atoms with E-state index in [0.717, 1.165) is 31.5 Å². The molecule has 1 aromatic heterocycles. The molecule has 0 aliphatic heterocycles. The summed E-state index contributed by atoms with van der Waals surface area (Å²) >= 11 is 5.91. The van der Waals surface area contributed by atoms with Crippen molar-refractivity contribution in [1.82, 2.24) is 4.98 Å². The molecule has 1 N–H and O–H groups in total. The van der Waals surface area contributed by atoms with E-state index >= 15 is 0 Å². The smallest absolute Gasteiger partial charge is 0.395 e. The standard InChI is InChI=1S/C12H14ClF3N2O/c13-10-6-8(12(14,15)16)7-17-11(10)18(4-5-19)9-2-1-3-9/h6-7,9,19H,1-5H2. The maximum absolute atomic E-state index is 12.5. The molecule has 0 atom stereocenters. The molecule has 0 bridgehead atoms. The molecule has 0 radical (unpaired) electrons. The zero-order valence-electron chi connectivity index (χ0n) is 10.1. The molecule has 0 saturated heterocycles. The van der Waals surface area contributed by atoms with Gasteiger partial charge in [0.15, 0.2) is 0 Å². The molecule has 1 saturated carbocycles. The highest BCUT2D eigenvalue weighted by Crippen LogP contribution is 2.36. The Morgan fingerprint density at radius 3 is 2.53 bits per heavy atom. The van der Waals surface area contributed by atoms with Crippen LogP contribution in [0.3, 0.4) is 0 Å². The summed E-state index contributed by atoms with van der Waals surface area (Å²) in [5.74, 6) is 0.313. The first-order valence-electron chi connectivity index (χ1n) is 6.03. The van der Waals surface area contributed by atoms with Gasteiger partial charge in [0.05, 0.1) is 17.2 Å². The zero-order chi connectivity index (χ0) is 14.0. The molecule has 1 aliphatic rings. The lowest BCUT2D eigenvalue weighted by atomic mass is 9.91. The number of aromatic nitrogens is 1. The number of alkyl halides is 3. The molecular weight excluding hydrogens is 281 g/mol. The van der Waals surface area contributed by atoms with Gasteiger partial charge < -0.3 is 10.0 Å². The minimum Gasteiger partial charge on any atom is -0.395 e. The van der Waals surface area contributed by atoms with Crippen LogP contribution in [0.5, 0.6) is 0 Å². The van der Waals surface area contributed by atoms with Crippen LogP contribution in [0.2, 0.25) is 5.02 Å². The second kappa shape index (κ2) is 5.54. The molecule has 0 unspecified atom stereocenters. The highest BCUT2D eigenvalue weighted by atomic mass is 35.5. The Hall–Kier alpha value is -1.01. The average Bonchev–Trinajstić information content (AvgIpc) is 2.24. The van der Waals surface area contributed by atoms with Crippen LogP contribution in [0.1, 0.15) is 24.8 Å². The van der Waals surface area contributed by atoms with E-state index in [1.165, 1.54) is 0 Å². The minimum absolute atomic E-state index is 0.0322. The zero-order valence-corrected chi connectivity index (χ0v) is 10.9. The molecule has 19 heavy (non-hydrogen) atoms. The monoisotopic (exact) mass is 294 g/mol. The predicted octanol–water partition coefficient (Wildman–Crippen LogP) is 3.11. The van der Waals surface area contributed by atoms with E-state index in [4.69, 9.17) is 16.7 Å². The number of pyridine rings is 1. The van der Waals surface area contributed by atoms with E-state index in [9.17, 15) is 13.2 Å². The molecule has 1 aliphatic carbocycles. The van der Waals surface area contributed by atoms with Crippen LogP contribution in [0, 0.1) is 0 Å². The van der Waals surface area contributed by atoms with Crippen LogP contribution in [0.25, 0.3) is 0 Å². The Morgan fingerprint density at radius 1 is 1.42 bits per heavy atom. The van der Waals surface area contributed by atoms with Crippen molar-refractivity contribution in [2.24, 2.45) is 0 Å². The summed E-state index contributed by atoms with van der Waals surface area (Å²) < 4.78 is 37.6. The lowest BCUT2D eigenvalue weighted by molar-refractivity contribution is -0.137. The fourth-order valence-electron chi connectivity index (χ4n) is 2.06. The molecule has 106 valence electrons. The lowest BCUT2D eigenvalue weighted by Gasteiger charge is -2.38. The maximum atomic E-state index is 12.5. The van der Waals surface area contributed by atoms with E-state index in [2.05, 4.69) is 4.98 Å². The Kier molecular flexibility index (Phi) is 4.20. The van der Waals surface area contributed by atoms with Gasteiger partial charge in [0.1, 0.15) is 5.82 Å². The van der Waals surface area contributed by atoms with E-state index in [1.54, 1.807) is 4.90 Å². The van der Waals surface area contributed by atoms with Crippen molar-refractivity contribution in [3.8, 4) is 0 Å². The minimum atomic E-state index is -4.45. The number of aliphatic hydroxyl groups is 1. The normalized spacial score (nSPS) is 16.3. The van der Waals surface area contributed by atoms with Crippen LogP contribution < -0.4 is 4.90 Å². The fraction of sp³-hybridized carbons (Fsp3) is 0.583. The third kappa shape index (κ3) is 3.12. The first kappa shape index (κ1) is 14.4. The molecule has 1 heterocycles. The van der Waals surface area contributed by atoms with Crippen LogP contribution in [-0.4, -0.2) is 29.3 Å². The second-order valence-electron chi connectivity index (χ2n) is 4.53. The molecule has 0 spiro atoms.